The summed E-state index contributed by atoms with van der Waals surface area (Å²) in [5, 5.41) is 2.97. The monoisotopic (exact) mass is 547 g/mol. The molecule has 9 heteroatoms. The molecule has 0 bridgehead atoms. The van der Waals surface area contributed by atoms with Crippen LogP contribution in [0.4, 0.5) is 4.39 Å². The van der Waals surface area contributed by atoms with E-state index >= 15 is 0 Å². The van der Waals surface area contributed by atoms with E-state index in [1.807, 2.05) is 0 Å². The first kappa shape index (κ1) is 30.2. The van der Waals surface area contributed by atoms with Crippen molar-refractivity contribution in [3.8, 4) is 0 Å². The second-order valence-corrected chi connectivity index (χ2v) is 12.5. The zero-order valence-corrected chi connectivity index (χ0v) is 23.6. The highest BCUT2D eigenvalue weighted by molar-refractivity contribution is 7.89. The van der Waals surface area contributed by atoms with Gasteiger partial charge in [0, 0.05) is 26.2 Å². The summed E-state index contributed by atoms with van der Waals surface area (Å²) in [5.74, 6) is 0.460. The minimum atomic E-state index is -3.73. The Kier molecular flexibility index (Phi) is 11.7. The Balaban J connectivity index is 1.31. The third-order valence-corrected chi connectivity index (χ3v) is 9.43. The highest BCUT2D eigenvalue weighted by Gasteiger charge is 2.29. The molecule has 1 atom stereocenters. The molecule has 1 N–H and O–H groups in total. The van der Waals surface area contributed by atoms with Gasteiger partial charge in [-0.15, -0.1) is 0 Å². The number of amides is 1. The molecule has 1 aliphatic rings. The van der Waals surface area contributed by atoms with Gasteiger partial charge in [-0.05, 0) is 94.3 Å². The molecule has 7 nitrogen and oxygen atoms in total. The third kappa shape index (κ3) is 9.15. The van der Waals surface area contributed by atoms with Gasteiger partial charge in [0.05, 0.1) is 11.5 Å². The van der Waals surface area contributed by atoms with Crippen molar-refractivity contribution in [3.05, 3.63) is 66.0 Å². The van der Waals surface area contributed by atoms with Crippen molar-refractivity contribution in [2.75, 3.05) is 47.4 Å². The number of likely N-dealkylation sites (N-methyl/N-ethyl adjacent to an activating group) is 1. The van der Waals surface area contributed by atoms with Gasteiger partial charge in [0.25, 0.3) is 0 Å². The molecule has 1 saturated carbocycles. The molecule has 0 saturated heterocycles. The van der Waals surface area contributed by atoms with E-state index in [9.17, 15) is 17.6 Å². The lowest BCUT2D eigenvalue weighted by molar-refractivity contribution is -0.126. The van der Waals surface area contributed by atoms with Crippen LogP contribution >= 0.6 is 0 Å². The first-order valence-corrected chi connectivity index (χ1v) is 14.9. The van der Waals surface area contributed by atoms with E-state index in [-0.39, 0.29) is 30.6 Å². The van der Waals surface area contributed by atoms with Crippen molar-refractivity contribution in [2.45, 2.75) is 49.5 Å². The minimum absolute atomic E-state index is 0.0157. The minimum Gasteiger partial charge on any atom is -0.370 e. The fraction of sp³-hybridized carbons (Fsp3) is 0.552. The van der Waals surface area contributed by atoms with E-state index in [1.165, 1.54) is 37.6 Å². The average Bonchev–Trinajstić information content (AvgIpc) is 2.91. The maximum absolute atomic E-state index is 13.1. The number of aryl methyl sites for hydroxylation is 1. The standard InChI is InChI=1S/C29H42FN3O4S/c1-32(2)28(18-11-23-7-5-4-6-8-23)25-12-9-24(10-13-25)21-31-29(34)22-37-20-19-33(3)38(35,36)27-16-14-26(30)15-17-27/h4-8,14-17,24-25,28H,9-13,18-22H2,1-3H3,(H,31,34). The van der Waals surface area contributed by atoms with E-state index in [2.05, 4.69) is 54.6 Å². The Morgan fingerprint density at radius 3 is 2.32 bits per heavy atom. The average molecular weight is 548 g/mol. The molecule has 0 spiro atoms. The Morgan fingerprint density at radius 1 is 1.03 bits per heavy atom. The van der Waals surface area contributed by atoms with Crippen LogP contribution in [0.15, 0.2) is 59.5 Å². The lowest BCUT2D eigenvalue weighted by atomic mass is 9.76. The summed E-state index contributed by atoms with van der Waals surface area (Å²) in [4.78, 5) is 14.6. The number of benzene rings is 2. The Hall–Kier alpha value is -2.33. The molecule has 2 aromatic rings. The Morgan fingerprint density at radius 2 is 1.68 bits per heavy atom. The van der Waals surface area contributed by atoms with Gasteiger partial charge in [-0.25, -0.2) is 12.8 Å². The highest BCUT2D eigenvalue weighted by Crippen LogP contribution is 2.33. The molecule has 1 aliphatic carbocycles. The van der Waals surface area contributed by atoms with Gasteiger partial charge in [0.1, 0.15) is 12.4 Å². The zero-order chi connectivity index (χ0) is 27.5. The van der Waals surface area contributed by atoms with Crippen molar-refractivity contribution in [1.82, 2.24) is 14.5 Å². The number of hydrogen-bond donors (Lipinski definition) is 1. The molecule has 2 aromatic carbocycles. The van der Waals surface area contributed by atoms with Crippen LogP contribution in [-0.4, -0.2) is 77.0 Å². The third-order valence-electron chi connectivity index (χ3n) is 7.56. The Labute approximate surface area is 227 Å². The number of nitrogens with one attached hydrogen (secondary N) is 1. The van der Waals surface area contributed by atoms with Crippen LogP contribution in [0.5, 0.6) is 0 Å². The number of carbonyl (C=O) groups is 1. The first-order chi connectivity index (χ1) is 18.2. The molecular formula is C29H42FN3O4S. The summed E-state index contributed by atoms with van der Waals surface area (Å²) in [6.45, 7) is 0.713. The largest absolute Gasteiger partial charge is 0.370 e. The fourth-order valence-corrected chi connectivity index (χ4v) is 6.38. The van der Waals surface area contributed by atoms with Gasteiger partial charge in [-0.1, -0.05) is 30.3 Å². The topological polar surface area (TPSA) is 79.0 Å². The zero-order valence-electron chi connectivity index (χ0n) is 22.8. The number of nitrogens with zero attached hydrogens (tertiary/aromatic N) is 2. The van der Waals surface area contributed by atoms with Crippen LogP contribution in [0.3, 0.4) is 0 Å². The lowest BCUT2D eigenvalue weighted by Crippen LogP contribution is -2.39. The smallest absolute Gasteiger partial charge is 0.246 e. The van der Waals surface area contributed by atoms with Crippen LogP contribution < -0.4 is 5.32 Å². The number of carbonyl (C=O) groups excluding carboxylic acids is 1. The fourth-order valence-electron chi connectivity index (χ4n) is 5.23. The summed E-state index contributed by atoms with van der Waals surface area (Å²) < 4.78 is 44.7. The van der Waals surface area contributed by atoms with Crippen molar-refractivity contribution >= 4 is 15.9 Å². The predicted octanol–water partition coefficient (Wildman–Crippen LogP) is 3.95. The van der Waals surface area contributed by atoms with E-state index in [0.29, 0.717) is 24.4 Å². The van der Waals surface area contributed by atoms with Gasteiger partial charge < -0.3 is 15.0 Å². The molecule has 1 amide bonds. The van der Waals surface area contributed by atoms with Crippen LogP contribution in [0.25, 0.3) is 0 Å². The molecule has 38 heavy (non-hydrogen) atoms. The van der Waals surface area contributed by atoms with Gasteiger partial charge in [-0.3, -0.25) is 4.79 Å². The second kappa shape index (κ2) is 14.7. The van der Waals surface area contributed by atoms with Crippen LogP contribution in [-0.2, 0) is 26.0 Å². The lowest BCUT2D eigenvalue weighted by Gasteiger charge is -2.37. The molecule has 3 rings (SSSR count). The molecule has 1 unspecified atom stereocenters. The van der Waals surface area contributed by atoms with E-state index in [4.69, 9.17) is 4.74 Å². The van der Waals surface area contributed by atoms with Gasteiger partial charge in [0.2, 0.25) is 15.9 Å². The molecule has 0 radical (unpaired) electrons. The summed E-state index contributed by atoms with van der Waals surface area (Å²) in [5.41, 5.74) is 1.39. The predicted molar refractivity (Wildman–Crippen MR) is 148 cm³/mol. The summed E-state index contributed by atoms with van der Waals surface area (Å²) in [6, 6.07) is 15.9. The number of hydrogen-bond acceptors (Lipinski definition) is 5. The van der Waals surface area contributed by atoms with Crippen molar-refractivity contribution in [1.29, 1.82) is 0 Å². The summed E-state index contributed by atoms with van der Waals surface area (Å²) in [7, 11) is 2.06. The van der Waals surface area contributed by atoms with Gasteiger partial charge in [0.15, 0.2) is 0 Å². The number of ether oxygens (including phenoxy) is 1. The van der Waals surface area contributed by atoms with Gasteiger partial charge >= 0.3 is 0 Å². The second-order valence-electron chi connectivity index (χ2n) is 10.5. The summed E-state index contributed by atoms with van der Waals surface area (Å²) in [6.07, 6.45) is 6.79. The van der Waals surface area contributed by atoms with E-state index in [1.54, 1.807) is 0 Å². The van der Waals surface area contributed by atoms with Crippen molar-refractivity contribution in [3.63, 3.8) is 0 Å². The maximum Gasteiger partial charge on any atom is 0.246 e. The Bertz CT molecular complexity index is 1090. The van der Waals surface area contributed by atoms with Crippen LogP contribution in [0.2, 0.25) is 0 Å². The SMILES string of the molecule is CN(C)C(CCc1ccccc1)C1CCC(CNC(=O)COCCN(C)S(=O)(=O)c2ccc(F)cc2)CC1. The molecule has 0 heterocycles. The normalized spacial score (nSPS) is 19.0. The highest BCUT2D eigenvalue weighted by atomic mass is 32.2. The molecule has 210 valence electrons. The van der Waals surface area contributed by atoms with E-state index in [0.717, 1.165) is 42.1 Å². The van der Waals surface area contributed by atoms with Gasteiger partial charge in [-0.2, -0.15) is 4.31 Å². The number of halogens is 1. The van der Waals surface area contributed by atoms with Crippen LogP contribution in [0, 0.1) is 17.7 Å². The molecule has 1 fully saturated rings. The molecule has 0 aliphatic heterocycles. The number of rotatable bonds is 14. The maximum atomic E-state index is 13.1. The van der Waals surface area contributed by atoms with Crippen molar-refractivity contribution < 1.29 is 22.3 Å². The molecular weight excluding hydrogens is 505 g/mol. The first-order valence-electron chi connectivity index (χ1n) is 13.4. The number of sulfonamides is 1. The van der Waals surface area contributed by atoms with Crippen molar-refractivity contribution in [2.24, 2.45) is 11.8 Å². The molecule has 0 aromatic heterocycles. The summed E-state index contributed by atoms with van der Waals surface area (Å²) >= 11 is 0. The quantitative estimate of drug-likeness (QED) is 0.363. The van der Waals surface area contributed by atoms with E-state index < -0.39 is 15.8 Å². The van der Waals surface area contributed by atoms with Crippen LogP contribution in [0.1, 0.15) is 37.7 Å².